The zero-order valence-corrected chi connectivity index (χ0v) is 21.3. The second-order valence-corrected chi connectivity index (χ2v) is 10.8. The number of carbonyl (C=O) groups is 3. The monoisotopic (exact) mass is 538 g/mol. The number of aromatic hydroxyl groups is 1. The summed E-state index contributed by atoms with van der Waals surface area (Å²) in [7, 11) is 0. The number of hydrogen-bond acceptors (Lipinski definition) is 8. The van der Waals surface area contributed by atoms with Gasteiger partial charge in [0.25, 0.3) is 5.91 Å². The first-order valence-electron chi connectivity index (χ1n) is 12.7. The van der Waals surface area contributed by atoms with Crippen LogP contribution in [0, 0.1) is 5.92 Å². The Morgan fingerprint density at radius 2 is 1.70 bits per heavy atom. The van der Waals surface area contributed by atoms with Crippen molar-refractivity contribution in [3.05, 3.63) is 94.3 Å². The molecule has 3 aromatic rings. The number of carbonyl (C=O) groups excluding carboxylic acids is 3. The highest BCUT2D eigenvalue weighted by molar-refractivity contribution is 6.15. The van der Waals surface area contributed by atoms with Crippen LogP contribution in [-0.2, 0) is 16.0 Å². The first-order chi connectivity index (χ1) is 18.9. The van der Waals surface area contributed by atoms with Crippen molar-refractivity contribution < 1.29 is 34.8 Å². The lowest BCUT2D eigenvalue weighted by molar-refractivity contribution is -0.140. The molecule has 0 radical (unpaired) electrons. The van der Waals surface area contributed by atoms with E-state index in [0.29, 0.717) is 16.7 Å². The summed E-state index contributed by atoms with van der Waals surface area (Å²) < 4.78 is 0. The zero-order valence-electron chi connectivity index (χ0n) is 21.3. The van der Waals surface area contributed by atoms with Gasteiger partial charge in [0.05, 0.1) is 22.2 Å². The fourth-order valence-electron chi connectivity index (χ4n) is 6.83. The molecule has 1 saturated carbocycles. The van der Waals surface area contributed by atoms with Crippen LogP contribution in [0.15, 0.2) is 77.6 Å². The Morgan fingerprint density at radius 3 is 2.38 bits per heavy atom. The zero-order chi connectivity index (χ0) is 28.7. The maximum Gasteiger partial charge on any atom is 0.252 e. The molecule has 202 valence electrons. The van der Waals surface area contributed by atoms with Gasteiger partial charge in [0, 0.05) is 23.5 Å². The highest BCUT2D eigenvalue weighted by Crippen LogP contribution is 2.55. The van der Waals surface area contributed by atoms with Crippen LogP contribution >= 0.6 is 0 Å². The second kappa shape index (κ2) is 8.38. The number of phenols is 1. The van der Waals surface area contributed by atoms with E-state index in [2.05, 4.69) is 6.58 Å². The standard InChI is InChI=1S/C31H26N2O7/c1-14-24(29(32)39)23(36)10-16-11-30(33)12-21-20(19-7-6-15(13-34)17-4-2-3-5-18(17)19)8-9-22(35)25(21)27(37)26(30)28(38)31(14,16)40/h2-9,13,16,35-37,40H,1,10-12,33H2,(H2,32,39)/t16-,30+,31+/m1/s1. The van der Waals surface area contributed by atoms with E-state index in [1.807, 2.05) is 24.3 Å². The SMILES string of the molecule is C=C1C(C(N)=O)=C(O)C[C@@H]2C[C@]3(N)Cc4c(-c5ccc(C=O)c6ccccc56)ccc(O)c4C(O)=C3C(=O)[C@]12O. The molecular formula is C31H26N2O7. The Morgan fingerprint density at radius 1 is 1.02 bits per heavy atom. The number of ketones is 1. The Balaban J connectivity index is 1.59. The van der Waals surface area contributed by atoms with Gasteiger partial charge in [0.15, 0.2) is 11.9 Å². The number of primary amides is 1. The van der Waals surface area contributed by atoms with Crippen LogP contribution in [0.4, 0.5) is 0 Å². The van der Waals surface area contributed by atoms with Gasteiger partial charge in [-0.1, -0.05) is 49.0 Å². The number of hydrogen-bond donors (Lipinski definition) is 6. The molecule has 9 nitrogen and oxygen atoms in total. The van der Waals surface area contributed by atoms with Gasteiger partial charge >= 0.3 is 0 Å². The maximum absolute atomic E-state index is 14.0. The normalized spacial score (nSPS) is 25.9. The third-order valence-electron chi connectivity index (χ3n) is 8.64. The number of benzene rings is 3. The second-order valence-electron chi connectivity index (χ2n) is 10.8. The number of allylic oxidation sites excluding steroid dienone is 1. The lowest BCUT2D eigenvalue weighted by Gasteiger charge is -2.51. The number of aliphatic hydroxyl groups is 3. The summed E-state index contributed by atoms with van der Waals surface area (Å²) in [5.41, 5.74) is 9.72. The lowest BCUT2D eigenvalue weighted by atomic mass is 9.55. The van der Waals surface area contributed by atoms with Gasteiger partial charge in [0.1, 0.15) is 17.3 Å². The van der Waals surface area contributed by atoms with E-state index in [1.165, 1.54) is 6.07 Å². The quantitative estimate of drug-likeness (QED) is 0.275. The summed E-state index contributed by atoms with van der Waals surface area (Å²) in [6.45, 7) is 3.71. The van der Waals surface area contributed by atoms with E-state index in [0.717, 1.165) is 22.6 Å². The molecule has 0 bridgehead atoms. The fourth-order valence-corrected chi connectivity index (χ4v) is 6.83. The molecule has 0 unspecified atom stereocenters. The average molecular weight is 539 g/mol. The van der Waals surface area contributed by atoms with Crippen molar-refractivity contribution in [1.29, 1.82) is 0 Å². The van der Waals surface area contributed by atoms with Crippen molar-refractivity contribution in [3.8, 4) is 16.9 Å². The topological polar surface area (TPSA) is 184 Å². The van der Waals surface area contributed by atoms with Gasteiger partial charge < -0.3 is 31.9 Å². The van der Waals surface area contributed by atoms with E-state index in [9.17, 15) is 34.8 Å². The summed E-state index contributed by atoms with van der Waals surface area (Å²) in [5, 5.41) is 46.1. The molecule has 0 spiro atoms. The Bertz CT molecular complexity index is 1790. The van der Waals surface area contributed by atoms with Crippen LogP contribution in [0.3, 0.4) is 0 Å². The molecule has 1 amide bonds. The van der Waals surface area contributed by atoms with E-state index in [-0.39, 0.29) is 41.7 Å². The van der Waals surface area contributed by atoms with Crippen molar-refractivity contribution in [2.75, 3.05) is 0 Å². The third-order valence-corrected chi connectivity index (χ3v) is 8.64. The smallest absolute Gasteiger partial charge is 0.252 e. The molecule has 0 heterocycles. The van der Waals surface area contributed by atoms with Crippen LogP contribution < -0.4 is 11.5 Å². The van der Waals surface area contributed by atoms with Gasteiger partial charge in [-0.2, -0.15) is 0 Å². The third kappa shape index (κ3) is 3.19. The molecule has 0 aliphatic heterocycles. The molecule has 3 atom stereocenters. The summed E-state index contributed by atoms with van der Waals surface area (Å²) in [6.07, 6.45) is 0.481. The minimum Gasteiger partial charge on any atom is -0.511 e. The number of phenolic OH excluding ortho intramolecular Hbond substituents is 1. The predicted molar refractivity (Wildman–Crippen MR) is 147 cm³/mol. The van der Waals surface area contributed by atoms with Crippen molar-refractivity contribution in [1.82, 2.24) is 0 Å². The molecule has 40 heavy (non-hydrogen) atoms. The number of fused-ring (bicyclic) bond motifs is 4. The summed E-state index contributed by atoms with van der Waals surface area (Å²) in [4.78, 5) is 37.6. The van der Waals surface area contributed by atoms with Gasteiger partial charge in [-0.15, -0.1) is 0 Å². The van der Waals surface area contributed by atoms with Crippen molar-refractivity contribution in [2.45, 2.75) is 30.4 Å². The lowest BCUT2D eigenvalue weighted by Crippen LogP contribution is -2.65. The summed E-state index contributed by atoms with van der Waals surface area (Å²) in [6, 6.07) is 13.9. The highest BCUT2D eigenvalue weighted by atomic mass is 16.3. The van der Waals surface area contributed by atoms with Crippen LogP contribution in [0.25, 0.3) is 27.7 Å². The van der Waals surface area contributed by atoms with Crippen LogP contribution in [0.1, 0.15) is 34.3 Å². The number of aliphatic hydroxyl groups excluding tert-OH is 2. The van der Waals surface area contributed by atoms with Crippen LogP contribution in [0.2, 0.25) is 0 Å². The molecule has 9 heteroatoms. The van der Waals surface area contributed by atoms with Gasteiger partial charge in [-0.3, -0.25) is 14.4 Å². The minimum atomic E-state index is -2.34. The van der Waals surface area contributed by atoms with Gasteiger partial charge in [0.2, 0.25) is 5.78 Å². The molecule has 3 aromatic carbocycles. The number of amides is 1. The van der Waals surface area contributed by atoms with E-state index >= 15 is 0 Å². The van der Waals surface area contributed by atoms with Crippen molar-refractivity contribution >= 4 is 34.5 Å². The van der Waals surface area contributed by atoms with Crippen LogP contribution in [-0.4, -0.2) is 49.5 Å². The molecular weight excluding hydrogens is 512 g/mol. The number of aldehydes is 1. The molecule has 1 fully saturated rings. The Hall–Kier alpha value is -4.73. The minimum absolute atomic E-state index is 0.00227. The largest absolute Gasteiger partial charge is 0.511 e. The Kier molecular flexibility index (Phi) is 5.35. The fraction of sp³-hybridized carbons (Fsp3) is 0.194. The molecule has 8 N–H and O–H groups in total. The molecule has 3 aliphatic carbocycles. The number of nitrogens with two attached hydrogens (primary N) is 2. The number of Topliss-reactive ketones (excluding diaryl/α,β-unsaturated/α-hetero) is 1. The molecule has 0 aromatic heterocycles. The number of rotatable bonds is 3. The van der Waals surface area contributed by atoms with E-state index in [4.69, 9.17) is 11.5 Å². The summed E-state index contributed by atoms with van der Waals surface area (Å²) in [5.74, 6) is -4.23. The van der Waals surface area contributed by atoms with Crippen molar-refractivity contribution in [2.24, 2.45) is 17.4 Å². The van der Waals surface area contributed by atoms with Gasteiger partial charge in [-0.25, -0.2) is 0 Å². The van der Waals surface area contributed by atoms with Crippen LogP contribution in [0.5, 0.6) is 5.75 Å². The molecule has 6 rings (SSSR count). The van der Waals surface area contributed by atoms with Crippen molar-refractivity contribution in [3.63, 3.8) is 0 Å². The average Bonchev–Trinajstić information content (AvgIpc) is 2.90. The highest BCUT2D eigenvalue weighted by Gasteiger charge is 2.62. The van der Waals surface area contributed by atoms with Gasteiger partial charge in [-0.05, 0) is 46.4 Å². The van der Waals surface area contributed by atoms with E-state index in [1.54, 1.807) is 18.2 Å². The molecule has 3 aliphatic rings. The first-order valence-corrected chi connectivity index (χ1v) is 12.7. The van der Waals surface area contributed by atoms with E-state index < -0.39 is 45.8 Å². The summed E-state index contributed by atoms with van der Waals surface area (Å²) >= 11 is 0. The predicted octanol–water partition coefficient (Wildman–Crippen LogP) is 3.13. The molecule has 0 saturated heterocycles. The first kappa shape index (κ1) is 25.5. The Labute approximate surface area is 228 Å². The maximum atomic E-state index is 14.0.